The molecule has 1 aromatic heterocycles. The van der Waals surface area contributed by atoms with Gasteiger partial charge in [0, 0.05) is 19.0 Å². The molecular formula is C17H17N3O5. The van der Waals surface area contributed by atoms with Crippen LogP contribution in [0.25, 0.3) is 0 Å². The number of hydrogen-bond acceptors (Lipinski definition) is 5. The molecule has 1 aliphatic rings. The van der Waals surface area contributed by atoms with Crippen LogP contribution in [0.2, 0.25) is 0 Å². The van der Waals surface area contributed by atoms with Crippen molar-refractivity contribution in [2.75, 3.05) is 11.9 Å². The van der Waals surface area contributed by atoms with Crippen LogP contribution in [-0.2, 0) is 16.1 Å². The SMILES string of the molecule is Cc1c(NC(=O)[C@@H]2CC(=O)N(Cc3ccco3)C2)cccc1[N+](=O)[O-]. The molecule has 8 heteroatoms. The Labute approximate surface area is 143 Å². The molecule has 0 spiro atoms. The lowest BCUT2D eigenvalue weighted by atomic mass is 10.1. The number of rotatable bonds is 5. The van der Waals surface area contributed by atoms with E-state index in [0.717, 1.165) is 0 Å². The fourth-order valence-electron chi connectivity index (χ4n) is 2.88. The molecule has 25 heavy (non-hydrogen) atoms. The number of nitro groups is 1. The van der Waals surface area contributed by atoms with Crippen LogP contribution in [0.5, 0.6) is 0 Å². The summed E-state index contributed by atoms with van der Waals surface area (Å²) < 4.78 is 5.23. The minimum Gasteiger partial charge on any atom is -0.467 e. The Hall–Kier alpha value is -3.16. The van der Waals surface area contributed by atoms with Gasteiger partial charge >= 0.3 is 0 Å². The maximum absolute atomic E-state index is 12.5. The predicted octanol–water partition coefficient (Wildman–Crippen LogP) is 2.48. The lowest BCUT2D eigenvalue weighted by Crippen LogP contribution is -2.28. The number of carbonyl (C=O) groups excluding carboxylic acids is 2. The van der Waals surface area contributed by atoms with Crippen molar-refractivity contribution in [2.24, 2.45) is 5.92 Å². The second-order valence-corrected chi connectivity index (χ2v) is 5.95. The van der Waals surface area contributed by atoms with Crippen LogP contribution < -0.4 is 5.32 Å². The van der Waals surface area contributed by atoms with Gasteiger partial charge in [0.1, 0.15) is 5.76 Å². The molecule has 2 amide bonds. The third kappa shape index (κ3) is 3.52. The highest BCUT2D eigenvalue weighted by atomic mass is 16.6. The largest absolute Gasteiger partial charge is 0.467 e. The highest BCUT2D eigenvalue weighted by Crippen LogP contribution is 2.27. The summed E-state index contributed by atoms with van der Waals surface area (Å²) >= 11 is 0. The summed E-state index contributed by atoms with van der Waals surface area (Å²) in [4.78, 5) is 36.6. The van der Waals surface area contributed by atoms with Crippen molar-refractivity contribution >= 4 is 23.2 Å². The van der Waals surface area contributed by atoms with Crippen molar-refractivity contribution in [2.45, 2.75) is 19.9 Å². The minimum absolute atomic E-state index is 0.0558. The Morgan fingerprint density at radius 2 is 2.20 bits per heavy atom. The van der Waals surface area contributed by atoms with Gasteiger partial charge in [-0.05, 0) is 25.1 Å². The van der Waals surface area contributed by atoms with Crippen LogP contribution in [-0.4, -0.2) is 28.2 Å². The molecule has 8 nitrogen and oxygen atoms in total. The summed E-state index contributed by atoms with van der Waals surface area (Å²) in [6, 6.07) is 8.02. The first-order valence-electron chi connectivity index (χ1n) is 7.80. The monoisotopic (exact) mass is 343 g/mol. The van der Waals surface area contributed by atoms with Crippen molar-refractivity contribution in [3.63, 3.8) is 0 Å². The zero-order valence-electron chi connectivity index (χ0n) is 13.6. The Bertz CT molecular complexity index is 816. The highest BCUT2D eigenvalue weighted by Gasteiger charge is 2.35. The molecule has 3 rings (SSSR count). The molecule has 0 aliphatic carbocycles. The molecule has 1 aromatic carbocycles. The first-order valence-corrected chi connectivity index (χ1v) is 7.80. The molecule has 2 heterocycles. The van der Waals surface area contributed by atoms with Gasteiger partial charge in [0.15, 0.2) is 0 Å². The van der Waals surface area contributed by atoms with Crippen molar-refractivity contribution in [3.8, 4) is 0 Å². The molecular weight excluding hydrogens is 326 g/mol. The summed E-state index contributed by atoms with van der Waals surface area (Å²) in [5.41, 5.74) is 0.716. The summed E-state index contributed by atoms with van der Waals surface area (Å²) in [6.07, 6.45) is 1.64. The third-order valence-corrected chi connectivity index (χ3v) is 4.27. The summed E-state index contributed by atoms with van der Waals surface area (Å²) in [5, 5.41) is 13.7. The summed E-state index contributed by atoms with van der Waals surface area (Å²) in [5.74, 6) is -0.281. The molecule has 1 N–H and O–H groups in total. The molecule has 0 saturated carbocycles. The summed E-state index contributed by atoms with van der Waals surface area (Å²) in [6.45, 7) is 2.20. The molecule has 2 aromatic rings. The fourth-order valence-corrected chi connectivity index (χ4v) is 2.88. The Balaban J connectivity index is 1.67. The Morgan fingerprint density at radius 3 is 2.88 bits per heavy atom. The maximum Gasteiger partial charge on any atom is 0.274 e. The van der Waals surface area contributed by atoms with Gasteiger partial charge < -0.3 is 14.6 Å². The fraction of sp³-hybridized carbons (Fsp3) is 0.294. The minimum atomic E-state index is -0.499. The number of nitrogens with one attached hydrogen (secondary N) is 1. The van der Waals surface area contributed by atoms with Crippen LogP contribution in [0.1, 0.15) is 17.7 Å². The summed E-state index contributed by atoms with van der Waals surface area (Å²) in [7, 11) is 0. The normalized spacial score (nSPS) is 16.9. The molecule has 1 atom stereocenters. The van der Waals surface area contributed by atoms with E-state index in [1.807, 2.05) is 0 Å². The van der Waals surface area contributed by atoms with E-state index in [-0.39, 0.29) is 23.9 Å². The van der Waals surface area contributed by atoms with E-state index in [1.54, 1.807) is 30.0 Å². The number of amides is 2. The van der Waals surface area contributed by atoms with Crippen molar-refractivity contribution in [1.82, 2.24) is 4.90 Å². The lowest BCUT2D eigenvalue weighted by Gasteiger charge is -2.15. The Morgan fingerprint density at radius 1 is 1.40 bits per heavy atom. The van der Waals surface area contributed by atoms with E-state index in [2.05, 4.69) is 5.32 Å². The predicted molar refractivity (Wildman–Crippen MR) is 88.7 cm³/mol. The van der Waals surface area contributed by atoms with E-state index < -0.39 is 10.8 Å². The van der Waals surface area contributed by atoms with Gasteiger partial charge in [-0.15, -0.1) is 0 Å². The van der Waals surface area contributed by atoms with Crippen LogP contribution in [0.3, 0.4) is 0 Å². The van der Waals surface area contributed by atoms with E-state index in [4.69, 9.17) is 4.42 Å². The highest BCUT2D eigenvalue weighted by molar-refractivity contribution is 5.98. The molecule has 1 fully saturated rings. The Kier molecular flexibility index (Phi) is 4.51. The first kappa shape index (κ1) is 16.7. The van der Waals surface area contributed by atoms with E-state index in [0.29, 0.717) is 30.1 Å². The molecule has 0 radical (unpaired) electrons. The average Bonchev–Trinajstić information content (AvgIpc) is 3.20. The number of nitro benzene ring substituents is 1. The van der Waals surface area contributed by atoms with Crippen molar-refractivity contribution in [3.05, 3.63) is 58.0 Å². The lowest BCUT2D eigenvalue weighted by molar-refractivity contribution is -0.385. The van der Waals surface area contributed by atoms with Crippen molar-refractivity contribution < 1.29 is 18.9 Å². The number of benzene rings is 1. The quantitative estimate of drug-likeness (QED) is 0.663. The molecule has 130 valence electrons. The van der Waals surface area contributed by atoms with Gasteiger partial charge in [0.25, 0.3) is 5.69 Å². The second kappa shape index (κ2) is 6.76. The number of likely N-dealkylation sites (tertiary alicyclic amines) is 1. The maximum atomic E-state index is 12.5. The number of nitrogens with zero attached hydrogens (tertiary/aromatic N) is 2. The number of carbonyl (C=O) groups is 2. The van der Waals surface area contributed by atoms with Crippen molar-refractivity contribution in [1.29, 1.82) is 0 Å². The topological polar surface area (TPSA) is 106 Å². The van der Waals surface area contributed by atoms with Crippen LogP contribution in [0.15, 0.2) is 41.0 Å². The standard InChI is InChI=1S/C17H17N3O5/c1-11-14(5-2-6-15(11)20(23)24)18-17(22)12-8-16(21)19(9-12)10-13-4-3-7-25-13/h2-7,12H,8-10H2,1H3,(H,18,22)/t12-/m1/s1. The first-order chi connectivity index (χ1) is 12.0. The van der Waals surface area contributed by atoms with Gasteiger partial charge in [-0.25, -0.2) is 0 Å². The molecule has 0 unspecified atom stereocenters. The number of furan rings is 1. The van der Waals surface area contributed by atoms with E-state index in [9.17, 15) is 19.7 Å². The smallest absolute Gasteiger partial charge is 0.274 e. The molecule has 0 bridgehead atoms. The molecule has 1 aliphatic heterocycles. The average molecular weight is 343 g/mol. The van der Waals surface area contributed by atoms with Gasteiger partial charge in [0.05, 0.1) is 34.9 Å². The third-order valence-electron chi connectivity index (χ3n) is 4.27. The second-order valence-electron chi connectivity index (χ2n) is 5.95. The molecule has 1 saturated heterocycles. The van der Waals surface area contributed by atoms with Crippen LogP contribution in [0, 0.1) is 23.0 Å². The van der Waals surface area contributed by atoms with Gasteiger partial charge in [-0.3, -0.25) is 19.7 Å². The number of hydrogen-bond donors (Lipinski definition) is 1. The van der Waals surface area contributed by atoms with E-state index in [1.165, 1.54) is 18.4 Å². The zero-order chi connectivity index (χ0) is 18.0. The van der Waals surface area contributed by atoms with E-state index >= 15 is 0 Å². The number of anilines is 1. The van der Waals surface area contributed by atoms with Gasteiger partial charge in [0.2, 0.25) is 11.8 Å². The van der Waals surface area contributed by atoms with Gasteiger partial charge in [-0.2, -0.15) is 0 Å². The van der Waals surface area contributed by atoms with Gasteiger partial charge in [-0.1, -0.05) is 6.07 Å². The van der Waals surface area contributed by atoms with Crippen LogP contribution in [0.4, 0.5) is 11.4 Å². The van der Waals surface area contributed by atoms with Crippen LogP contribution >= 0.6 is 0 Å². The zero-order valence-corrected chi connectivity index (χ0v) is 13.6.